The molecule has 3 amide bonds. The standard InChI is InChI=1S/C14H19N5O2/c20-13(18-19-9-3-7-16-14(19)21)11-6-8-15-12(17-11)10-4-1-2-5-10/h6,8,10H,1-5,7,9H2,(H,16,21)(H,18,20). The zero-order valence-electron chi connectivity index (χ0n) is 11.8. The summed E-state index contributed by atoms with van der Waals surface area (Å²) < 4.78 is 0. The zero-order chi connectivity index (χ0) is 14.7. The Morgan fingerprint density at radius 3 is 2.90 bits per heavy atom. The summed E-state index contributed by atoms with van der Waals surface area (Å²) in [7, 11) is 0. The molecule has 0 unspecified atom stereocenters. The van der Waals surface area contributed by atoms with Crippen LogP contribution in [0.2, 0.25) is 0 Å². The molecule has 1 aliphatic carbocycles. The second-order valence-electron chi connectivity index (χ2n) is 5.46. The molecule has 1 saturated carbocycles. The molecule has 21 heavy (non-hydrogen) atoms. The van der Waals surface area contributed by atoms with Gasteiger partial charge in [0.05, 0.1) is 0 Å². The number of hydrogen-bond donors (Lipinski definition) is 2. The normalized spacial score (nSPS) is 19.4. The third-order valence-electron chi connectivity index (χ3n) is 3.94. The van der Waals surface area contributed by atoms with Gasteiger partial charge in [-0.1, -0.05) is 12.8 Å². The van der Waals surface area contributed by atoms with Crippen LogP contribution in [0.1, 0.15) is 54.3 Å². The fraction of sp³-hybridized carbons (Fsp3) is 0.571. The number of nitrogens with zero attached hydrogens (tertiary/aromatic N) is 3. The minimum Gasteiger partial charge on any atom is -0.336 e. The van der Waals surface area contributed by atoms with Crippen LogP contribution in [0.15, 0.2) is 12.3 Å². The molecule has 0 aromatic carbocycles. The van der Waals surface area contributed by atoms with E-state index in [2.05, 4.69) is 20.7 Å². The number of rotatable bonds is 3. The molecular weight excluding hydrogens is 270 g/mol. The van der Waals surface area contributed by atoms with Crippen molar-refractivity contribution in [1.82, 2.24) is 25.7 Å². The number of carbonyl (C=O) groups is 2. The van der Waals surface area contributed by atoms with Gasteiger partial charge in [-0.05, 0) is 25.3 Å². The van der Waals surface area contributed by atoms with E-state index in [0.717, 1.165) is 25.1 Å². The lowest BCUT2D eigenvalue weighted by Gasteiger charge is -2.27. The Kier molecular flexibility index (Phi) is 3.98. The molecule has 0 bridgehead atoms. The van der Waals surface area contributed by atoms with Crippen molar-refractivity contribution < 1.29 is 9.59 Å². The Morgan fingerprint density at radius 1 is 1.33 bits per heavy atom. The van der Waals surface area contributed by atoms with Crippen molar-refractivity contribution in [3.8, 4) is 0 Å². The van der Waals surface area contributed by atoms with E-state index in [4.69, 9.17) is 0 Å². The molecule has 2 N–H and O–H groups in total. The Balaban J connectivity index is 1.69. The largest absolute Gasteiger partial charge is 0.336 e. The molecule has 1 aliphatic heterocycles. The first-order valence-electron chi connectivity index (χ1n) is 7.43. The van der Waals surface area contributed by atoms with E-state index < -0.39 is 0 Å². The molecular formula is C14H19N5O2. The molecule has 2 fully saturated rings. The van der Waals surface area contributed by atoms with Crippen LogP contribution in [-0.4, -0.2) is 40.0 Å². The highest BCUT2D eigenvalue weighted by molar-refractivity contribution is 5.93. The molecule has 1 aromatic rings. The fourth-order valence-electron chi connectivity index (χ4n) is 2.80. The molecule has 112 valence electrons. The third-order valence-corrected chi connectivity index (χ3v) is 3.94. The first-order chi connectivity index (χ1) is 10.2. The van der Waals surface area contributed by atoms with E-state index in [9.17, 15) is 9.59 Å². The minimum absolute atomic E-state index is 0.278. The minimum atomic E-state index is -0.367. The van der Waals surface area contributed by atoms with Crippen molar-refractivity contribution in [3.63, 3.8) is 0 Å². The maximum Gasteiger partial charge on any atom is 0.336 e. The van der Waals surface area contributed by atoms with Gasteiger partial charge < -0.3 is 5.32 Å². The van der Waals surface area contributed by atoms with Crippen LogP contribution in [0.25, 0.3) is 0 Å². The van der Waals surface area contributed by atoms with E-state index in [1.165, 1.54) is 17.9 Å². The Bertz CT molecular complexity index is 542. The third kappa shape index (κ3) is 3.12. The van der Waals surface area contributed by atoms with Crippen LogP contribution in [-0.2, 0) is 0 Å². The summed E-state index contributed by atoms with van der Waals surface area (Å²) in [5.74, 6) is 0.730. The first kappa shape index (κ1) is 13.8. The second-order valence-corrected chi connectivity index (χ2v) is 5.46. The molecule has 0 spiro atoms. The van der Waals surface area contributed by atoms with Crippen LogP contribution in [0.5, 0.6) is 0 Å². The topological polar surface area (TPSA) is 87.2 Å². The smallest absolute Gasteiger partial charge is 0.336 e. The molecule has 2 aliphatic rings. The summed E-state index contributed by atoms with van der Waals surface area (Å²) in [6.07, 6.45) is 6.98. The van der Waals surface area contributed by atoms with Crippen LogP contribution < -0.4 is 10.7 Å². The van der Waals surface area contributed by atoms with Crippen molar-refractivity contribution in [2.75, 3.05) is 13.1 Å². The maximum absolute atomic E-state index is 12.2. The number of hydrazine groups is 1. The number of urea groups is 1. The molecule has 3 rings (SSSR count). The lowest BCUT2D eigenvalue weighted by Crippen LogP contribution is -2.54. The lowest BCUT2D eigenvalue weighted by atomic mass is 10.1. The van der Waals surface area contributed by atoms with Gasteiger partial charge in [-0.15, -0.1) is 0 Å². The van der Waals surface area contributed by atoms with Crippen molar-refractivity contribution >= 4 is 11.9 Å². The molecule has 0 radical (unpaired) electrons. The molecule has 1 aromatic heterocycles. The molecule has 1 saturated heterocycles. The monoisotopic (exact) mass is 289 g/mol. The highest BCUT2D eigenvalue weighted by Crippen LogP contribution is 2.31. The van der Waals surface area contributed by atoms with Crippen LogP contribution in [0, 0.1) is 0 Å². The van der Waals surface area contributed by atoms with E-state index in [-0.39, 0.29) is 11.9 Å². The number of nitrogens with one attached hydrogen (secondary N) is 2. The lowest BCUT2D eigenvalue weighted by molar-refractivity contribution is 0.0803. The second kappa shape index (κ2) is 6.07. The van der Waals surface area contributed by atoms with Crippen LogP contribution in [0.3, 0.4) is 0 Å². The molecule has 0 atom stereocenters. The maximum atomic E-state index is 12.2. The van der Waals surface area contributed by atoms with Gasteiger partial charge in [0.1, 0.15) is 11.5 Å². The van der Waals surface area contributed by atoms with Crippen molar-refractivity contribution in [1.29, 1.82) is 0 Å². The quantitative estimate of drug-likeness (QED) is 0.875. The van der Waals surface area contributed by atoms with E-state index >= 15 is 0 Å². The predicted molar refractivity (Wildman–Crippen MR) is 75.4 cm³/mol. The SMILES string of the molecule is O=C(NN1CCCNC1=O)c1ccnc(C2CCCC2)n1. The van der Waals surface area contributed by atoms with Gasteiger partial charge in [0.25, 0.3) is 5.91 Å². The highest BCUT2D eigenvalue weighted by atomic mass is 16.2. The molecule has 7 heteroatoms. The fourth-order valence-corrected chi connectivity index (χ4v) is 2.80. The Hall–Kier alpha value is -2.18. The van der Waals surface area contributed by atoms with Gasteiger partial charge in [-0.25, -0.2) is 19.8 Å². The average molecular weight is 289 g/mol. The predicted octanol–water partition coefficient (Wildman–Crippen LogP) is 1.19. The summed E-state index contributed by atoms with van der Waals surface area (Å²) in [5.41, 5.74) is 2.91. The van der Waals surface area contributed by atoms with Crippen LogP contribution in [0.4, 0.5) is 4.79 Å². The van der Waals surface area contributed by atoms with Crippen molar-refractivity contribution in [2.45, 2.75) is 38.0 Å². The van der Waals surface area contributed by atoms with Gasteiger partial charge in [0.15, 0.2) is 0 Å². The van der Waals surface area contributed by atoms with Crippen molar-refractivity contribution in [3.05, 3.63) is 23.8 Å². The van der Waals surface area contributed by atoms with E-state index in [1.807, 2.05) is 0 Å². The molecule has 7 nitrogen and oxygen atoms in total. The summed E-state index contributed by atoms with van der Waals surface area (Å²) in [5, 5.41) is 3.98. The summed E-state index contributed by atoms with van der Waals surface area (Å²) in [6, 6.07) is 1.30. The number of hydrogen-bond acceptors (Lipinski definition) is 4. The highest BCUT2D eigenvalue weighted by Gasteiger charge is 2.23. The first-order valence-corrected chi connectivity index (χ1v) is 7.43. The average Bonchev–Trinajstić information content (AvgIpc) is 3.04. The Morgan fingerprint density at radius 2 is 2.14 bits per heavy atom. The van der Waals surface area contributed by atoms with Gasteiger partial charge in [0.2, 0.25) is 0 Å². The Labute approximate surface area is 123 Å². The van der Waals surface area contributed by atoms with Crippen molar-refractivity contribution in [2.24, 2.45) is 0 Å². The summed E-state index contributed by atoms with van der Waals surface area (Å²) in [6.45, 7) is 1.16. The number of carbonyl (C=O) groups excluding carboxylic acids is 2. The van der Waals surface area contributed by atoms with Crippen LogP contribution >= 0.6 is 0 Å². The number of amides is 3. The van der Waals surface area contributed by atoms with Gasteiger partial charge in [0, 0.05) is 25.2 Å². The summed E-state index contributed by atoms with van der Waals surface area (Å²) >= 11 is 0. The van der Waals surface area contributed by atoms with E-state index in [0.29, 0.717) is 24.7 Å². The van der Waals surface area contributed by atoms with Gasteiger partial charge in [-0.2, -0.15) is 0 Å². The zero-order valence-corrected chi connectivity index (χ0v) is 11.8. The molecule has 2 heterocycles. The number of aromatic nitrogens is 2. The summed E-state index contributed by atoms with van der Waals surface area (Å²) in [4.78, 5) is 32.5. The van der Waals surface area contributed by atoms with Gasteiger partial charge >= 0.3 is 6.03 Å². The van der Waals surface area contributed by atoms with E-state index in [1.54, 1.807) is 12.3 Å². The van der Waals surface area contributed by atoms with Gasteiger partial charge in [-0.3, -0.25) is 10.2 Å².